The molecule has 70 heavy (non-hydrogen) atoms. The minimum absolute atomic E-state index is 0.649. The maximum atomic E-state index is 4.94. The lowest BCUT2D eigenvalue weighted by Crippen LogP contribution is -2.00. The van der Waals surface area contributed by atoms with Crippen LogP contribution in [0.1, 0.15) is 16.7 Å². The number of benzene rings is 10. The van der Waals surface area contributed by atoms with Crippen LogP contribution in [0.15, 0.2) is 237 Å². The Morgan fingerprint density at radius 2 is 0.871 bits per heavy atom. The van der Waals surface area contributed by atoms with E-state index in [-0.39, 0.29) is 0 Å². The van der Waals surface area contributed by atoms with Crippen molar-refractivity contribution in [2.24, 2.45) is 0 Å². The first-order valence-corrected chi connectivity index (χ1v) is 24.6. The molecule has 0 bridgehead atoms. The molecule has 0 unspecified atom stereocenters. The fourth-order valence-electron chi connectivity index (χ4n) is 10.1. The number of fused-ring (bicyclic) bond motifs is 6. The monoisotopic (exact) mass is 912 g/mol. The lowest BCUT2D eigenvalue weighted by atomic mass is 9.90. The smallest absolute Gasteiger partial charge is 0.164 e. The second kappa shape index (κ2) is 17.4. The van der Waals surface area contributed by atoms with E-state index in [1.807, 2.05) is 72.0 Å². The van der Waals surface area contributed by atoms with Gasteiger partial charge >= 0.3 is 0 Å². The summed E-state index contributed by atoms with van der Waals surface area (Å²) >= 11 is 1.90. The number of hydrogen-bond donors (Lipinski definition) is 0. The van der Waals surface area contributed by atoms with Gasteiger partial charge in [0.1, 0.15) is 0 Å². The van der Waals surface area contributed by atoms with E-state index < -0.39 is 0 Å². The number of thiophene rings is 1. The van der Waals surface area contributed by atoms with Gasteiger partial charge in [0.15, 0.2) is 17.5 Å². The second-order valence-electron chi connectivity index (χ2n) is 18.0. The zero-order valence-electron chi connectivity index (χ0n) is 38.4. The van der Waals surface area contributed by atoms with E-state index in [1.54, 1.807) is 0 Å². The number of nitrogens with zero attached hydrogens (tertiary/aromatic N) is 4. The molecule has 0 saturated heterocycles. The Hall–Kier alpha value is -8.77. The van der Waals surface area contributed by atoms with Gasteiger partial charge in [0.25, 0.3) is 0 Å². The Kier molecular flexibility index (Phi) is 10.3. The largest absolute Gasteiger partial charge is 0.309 e. The molecule has 3 heterocycles. The third-order valence-corrected chi connectivity index (χ3v) is 14.8. The van der Waals surface area contributed by atoms with Crippen molar-refractivity contribution in [1.29, 1.82) is 0 Å². The first kappa shape index (κ1) is 41.4. The highest BCUT2D eigenvalue weighted by Gasteiger charge is 2.19. The van der Waals surface area contributed by atoms with Crippen LogP contribution in [-0.2, 0) is 6.42 Å². The quantitative estimate of drug-likeness (QED) is 0.145. The lowest BCUT2D eigenvalue weighted by molar-refractivity contribution is 1.07. The van der Waals surface area contributed by atoms with Crippen LogP contribution in [0, 0.1) is 6.92 Å². The van der Waals surface area contributed by atoms with E-state index in [4.69, 9.17) is 15.0 Å². The summed E-state index contributed by atoms with van der Waals surface area (Å²) in [5, 5.41) is 5.13. The number of hydrogen-bond acceptors (Lipinski definition) is 4. The molecule has 0 fully saturated rings. The summed E-state index contributed by atoms with van der Waals surface area (Å²) in [5.74, 6) is 1.96. The van der Waals surface area contributed by atoms with Crippen molar-refractivity contribution in [3.63, 3.8) is 0 Å². The summed E-state index contributed by atoms with van der Waals surface area (Å²) in [6.45, 7) is 2.23. The number of para-hydroxylation sites is 1. The van der Waals surface area contributed by atoms with Crippen molar-refractivity contribution in [2.45, 2.75) is 13.3 Å². The molecule has 330 valence electrons. The first-order valence-electron chi connectivity index (χ1n) is 23.8. The van der Waals surface area contributed by atoms with Crippen LogP contribution in [0.5, 0.6) is 0 Å². The van der Waals surface area contributed by atoms with Crippen LogP contribution in [0.25, 0.3) is 115 Å². The van der Waals surface area contributed by atoms with Crippen LogP contribution >= 0.6 is 11.3 Å². The zero-order chi connectivity index (χ0) is 46.5. The average molecular weight is 913 g/mol. The van der Waals surface area contributed by atoms with Crippen molar-refractivity contribution in [2.75, 3.05) is 0 Å². The molecule has 0 aliphatic carbocycles. The predicted octanol–water partition coefficient (Wildman–Crippen LogP) is 17.2. The Morgan fingerprint density at radius 1 is 0.357 bits per heavy atom. The minimum atomic E-state index is 0.649. The summed E-state index contributed by atoms with van der Waals surface area (Å²) < 4.78 is 5.04. The highest BCUT2D eigenvalue weighted by molar-refractivity contribution is 7.25. The zero-order valence-corrected chi connectivity index (χ0v) is 39.2. The molecule has 0 radical (unpaired) electrons. The van der Waals surface area contributed by atoms with E-state index in [1.165, 1.54) is 80.9 Å². The van der Waals surface area contributed by atoms with Gasteiger partial charge in [-0.2, -0.15) is 0 Å². The van der Waals surface area contributed by atoms with Gasteiger partial charge in [-0.1, -0.05) is 194 Å². The molecule has 0 aliphatic heterocycles. The van der Waals surface area contributed by atoms with Crippen LogP contribution < -0.4 is 0 Å². The molecule has 0 saturated carbocycles. The van der Waals surface area contributed by atoms with E-state index in [0.29, 0.717) is 17.5 Å². The van der Waals surface area contributed by atoms with Gasteiger partial charge in [-0.05, 0) is 106 Å². The third-order valence-electron chi connectivity index (χ3n) is 13.7. The van der Waals surface area contributed by atoms with E-state index >= 15 is 0 Å². The summed E-state index contributed by atoms with van der Waals surface area (Å²) in [4.78, 5) is 14.8. The van der Waals surface area contributed by atoms with Gasteiger partial charge < -0.3 is 4.57 Å². The standard InChI is InChI=1S/C65H44N4S/c1-42-16-11-12-25-53(42)55-39-57-58-40-56-54-26-13-14-27-59(54)69(52-24-15-23-50(37-52)44-17-5-2-6-18-44)60(56)41-62(58)70-61(57)38-51(55)36-43-28-30-45(31-29-43)46-32-34-49(35-33-46)65-67-63(47-19-7-3-8-20-47)66-64(68-65)48-21-9-4-10-22-48/h2-35,37-41H,36H2,1H3. The summed E-state index contributed by atoms with van der Waals surface area (Å²) in [5.41, 5.74) is 17.6. The molecule has 13 aromatic rings. The van der Waals surface area contributed by atoms with Crippen molar-refractivity contribution in [1.82, 2.24) is 19.5 Å². The molecule has 0 amide bonds. The Morgan fingerprint density at radius 3 is 1.54 bits per heavy atom. The Bertz CT molecular complexity index is 4010. The van der Waals surface area contributed by atoms with E-state index in [2.05, 4.69) is 187 Å². The fourth-order valence-corrected chi connectivity index (χ4v) is 11.3. The van der Waals surface area contributed by atoms with Gasteiger partial charge in [-0.25, -0.2) is 15.0 Å². The van der Waals surface area contributed by atoms with Gasteiger partial charge in [0.2, 0.25) is 0 Å². The molecular formula is C65H44N4S. The molecule has 0 atom stereocenters. The van der Waals surface area contributed by atoms with Crippen LogP contribution in [0.4, 0.5) is 0 Å². The fraction of sp³-hybridized carbons (Fsp3) is 0.0308. The molecule has 0 spiro atoms. The molecule has 4 nitrogen and oxygen atoms in total. The molecule has 0 N–H and O–H groups in total. The number of aryl methyl sites for hydroxylation is 1. The SMILES string of the molecule is Cc1ccccc1-c1cc2c(cc1Cc1ccc(-c3ccc(-c4nc(-c5ccccc5)nc(-c5ccccc5)n4)cc3)cc1)sc1cc3c(cc12)c1ccccc1n3-c1cccc(-c2ccccc2)c1. The van der Waals surface area contributed by atoms with Gasteiger partial charge in [-0.3, -0.25) is 0 Å². The molecular weight excluding hydrogens is 869 g/mol. The van der Waals surface area contributed by atoms with E-state index in [9.17, 15) is 0 Å². The third kappa shape index (κ3) is 7.54. The van der Waals surface area contributed by atoms with Crippen molar-refractivity contribution < 1.29 is 0 Å². The van der Waals surface area contributed by atoms with Gasteiger partial charge in [0, 0.05) is 53.3 Å². The number of rotatable bonds is 9. The van der Waals surface area contributed by atoms with Crippen LogP contribution in [-0.4, -0.2) is 19.5 Å². The highest BCUT2D eigenvalue weighted by Crippen LogP contribution is 2.44. The van der Waals surface area contributed by atoms with Crippen molar-refractivity contribution >= 4 is 53.3 Å². The first-order chi connectivity index (χ1) is 34.6. The van der Waals surface area contributed by atoms with Gasteiger partial charge in [0.05, 0.1) is 11.0 Å². The molecule has 3 aromatic heterocycles. The topological polar surface area (TPSA) is 43.6 Å². The molecule has 0 aliphatic rings. The predicted molar refractivity (Wildman–Crippen MR) is 294 cm³/mol. The summed E-state index contributed by atoms with van der Waals surface area (Å²) in [7, 11) is 0. The summed E-state index contributed by atoms with van der Waals surface area (Å²) in [6.07, 6.45) is 0.815. The normalized spacial score (nSPS) is 11.6. The maximum Gasteiger partial charge on any atom is 0.164 e. The minimum Gasteiger partial charge on any atom is -0.309 e. The van der Waals surface area contributed by atoms with Crippen molar-refractivity contribution in [3.05, 3.63) is 253 Å². The average Bonchev–Trinajstić information content (AvgIpc) is 3.94. The molecule has 10 aromatic carbocycles. The highest BCUT2D eigenvalue weighted by atomic mass is 32.1. The van der Waals surface area contributed by atoms with Crippen LogP contribution in [0.2, 0.25) is 0 Å². The van der Waals surface area contributed by atoms with Crippen LogP contribution in [0.3, 0.4) is 0 Å². The van der Waals surface area contributed by atoms with E-state index in [0.717, 1.165) is 39.9 Å². The molecule has 5 heteroatoms. The second-order valence-corrected chi connectivity index (χ2v) is 19.1. The Labute approximate surface area is 410 Å². The summed E-state index contributed by atoms with van der Waals surface area (Å²) in [6, 6.07) is 84.9. The lowest BCUT2D eigenvalue weighted by Gasteiger charge is -2.14. The molecule has 13 rings (SSSR count). The van der Waals surface area contributed by atoms with Gasteiger partial charge in [-0.15, -0.1) is 11.3 Å². The maximum absolute atomic E-state index is 4.94. The Balaban J connectivity index is 0.852. The van der Waals surface area contributed by atoms with Crippen molar-refractivity contribution in [3.8, 4) is 73.2 Å². The number of aromatic nitrogens is 4.